The quantitative estimate of drug-likeness (QED) is 0.493. The molecule has 1 N–H and O–H groups in total. The van der Waals surface area contributed by atoms with Crippen LogP contribution in [0.1, 0.15) is 15.9 Å². The van der Waals surface area contributed by atoms with E-state index >= 15 is 0 Å². The lowest BCUT2D eigenvalue weighted by Gasteiger charge is -2.12. The molecule has 5 nitrogen and oxygen atoms in total. The Morgan fingerprint density at radius 2 is 2.03 bits per heavy atom. The normalized spacial score (nSPS) is 10.9. The molecule has 0 radical (unpaired) electrons. The van der Waals surface area contributed by atoms with Crippen LogP contribution in [0.15, 0.2) is 60.9 Å². The minimum Gasteiger partial charge on any atom is -0.495 e. The highest BCUT2D eigenvalue weighted by atomic mass is 35.5. The van der Waals surface area contributed by atoms with E-state index in [1.165, 1.54) is 25.3 Å². The lowest BCUT2D eigenvalue weighted by molar-refractivity contribution is 0.102. The number of methoxy groups -OCH3 is 1. The maximum absolute atomic E-state index is 14.1. The Morgan fingerprint density at radius 3 is 2.79 bits per heavy atom. The summed E-state index contributed by atoms with van der Waals surface area (Å²) in [6.45, 7) is 2.00. The van der Waals surface area contributed by atoms with E-state index in [1.54, 1.807) is 12.1 Å². The molecular formula is C22H17ClFN3O2. The lowest BCUT2D eigenvalue weighted by Crippen LogP contribution is -2.15. The van der Waals surface area contributed by atoms with Gasteiger partial charge in [-0.15, -0.1) is 0 Å². The number of aryl methyl sites for hydroxylation is 1. The van der Waals surface area contributed by atoms with Gasteiger partial charge in [0.2, 0.25) is 0 Å². The lowest BCUT2D eigenvalue weighted by atomic mass is 10.1. The molecular weight excluding hydrogens is 393 g/mol. The van der Waals surface area contributed by atoms with Crippen LogP contribution in [-0.4, -0.2) is 22.4 Å². The van der Waals surface area contributed by atoms with Crippen LogP contribution in [0.25, 0.3) is 16.9 Å². The Balaban J connectivity index is 1.72. The molecule has 0 saturated heterocycles. The average Bonchev–Trinajstić information content (AvgIpc) is 3.11. The van der Waals surface area contributed by atoms with Crippen molar-refractivity contribution >= 4 is 28.8 Å². The van der Waals surface area contributed by atoms with Crippen molar-refractivity contribution in [2.75, 3.05) is 12.4 Å². The molecule has 1 amide bonds. The van der Waals surface area contributed by atoms with Gasteiger partial charge in [0, 0.05) is 18.0 Å². The SMILES string of the molecule is COc1ccc(-c2cn3ccc(C)cc3n2)cc1NC(=O)c1c(F)cccc1Cl. The van der Waals surface area contributed by atoms with Crippen LogP contribution in [0, 0.1) is 12.7 Å². The van der Waals surface area contributed by atoms with Crippen LogP contribution >= 0.6 is 11.6 Å². The fourth-order valence-electron chi connectivity index (χ4n) is 3.09. The molecule has 0 aliphatic carbocycles. The first kappa shape index (κ1) is 19.0. The number of hydrogen-bond acceptors (Lipinski definition) is 3. The molecule has 0 fully saturated rings. The second-order valence-electron chi connectivity index (χ2n) is 6.56. The standard InChI is InChI=1S/C22H17ClFN3O2/c1-13-8-9-27-12-18(25-20(27)10-13)14-6-7-19(29-2)17(11-14)26-22(28)21-15(23)4-3-5-16(21)24/h3-12H,1-2H3,(H,26,28). The summed E-state index contributed by atoms with van der Waals surface area (Å²) in [6.07, 6.45) is 3.84. The van der Waals surface area contributed by atoms with E-state index in [4.69, 9.17) is 16.3 Å². The summed E-state index contributed by atoms with van der Waals surface area (Å²) < 4.78 is 21.4. The van der Waals surface area contributed by atoms with Crippen LogP contribution < -0.4 is 10.1 Å². The molecule has 0 bridgehead atoms. The maximum atomic E-state index is 14.1. The molecule has 2 heterocycles. The molecule has 0 aliphatic rings. The number of pyridine rings is 1. The van der Waals surface area contributed by atoms with Gasteiger partial charge < -0.3 is 14.5 Å². The molecule has 0 unspecified atom stereocenters. The van der Waals surface area contributed by atoms with Crippen molar-refractivity contribution in [2.24, 2.45) is 0 Å². The van der Waals surface area contributed by atoms with Crippen molar-refractivity contribution in [3.05, 3.63) is 82.9 Å². The van der Waals surface area contributed by atoms with Crippen molar-refractivity contribution in [3.63, 3.8) is 0 Å². The average molecular weight is 410 g/mol. The third kappa shape index (κ3) is 3.67. The number of aromatic nitrogens is 2. The number of nitrogens with zero attached hydrogens (tertiary/aromatic N) is 2. The molecule has 2 aromatic heterocycles. The fraction of sp³-hybridized carbons (Fsp3) is 0.0909. The second-order valence-corrected chi connectivity index (χ2v) is 6.97. The Bertz CT molecular complexity index is 1220. The number of fused-ring (bicyclic) bond motifs is 1. The monoisotopic (exact) mass is 409 g/mol. The first-order valence-corrected chi connectivity index (χ1v) is 9.23. The van der Waals surface area contributed by atoms with E-state index in [0.717, 1.165) is 22.5 Å². The number of ether oxygens (including phenoxy) is 1. The molecule has 4 rings (SSSR count). The van der Waals surface area contributed by atoms with E-state index in [-0.39, 0.29) is 10.6 Å². The predicted octanol–water partition coefficient (Wildman–Crippen LogP) is 5.36. The molecule has 2 aromatic carbocycles. The van der Waals surface area contributed by atoms with Crippen LogP contribution in [0.2, 0.25) is 5.02 Å². The number of imidazole rings is 1. The highest BCUT2D eigenvalue weighted by Gasteiger charge is 2.18. The Kier molecular flexibility index (Phi) is 4.94. The summed E-state index contributed by atoms with van der Waals surface area (Å²) in [6, 6.07) is 13.4. The van der Waals surface area contributed by atoms with Gasteiger partial charge in [-0.1, -0.05) is 17.7 Å². The number of rotatable bonds is 4. The van der Waals surface area contributed by atoms with Gasteiger partial charge in [-0.05, 0) is 55.0 Å². The van der Waals surface area contributed by atoms with Crippen LogP contribution in [0.5, 0.6) is 5.75 Å². The molecule has 0 atom stereocenters. The number of benzene rings is 2. The van der Waals surface area contributed by atoms with Crippen molar-refractivity contribution in [2.45, 2.75) is 6.92 Å². The van der Waals surface area contributed by atoms with E-state index < -0.39 is 11.7 Å². The first-order valence-electron chi connectivity index (χ1n) is 8.85. The third-order valence-electron chi connectivity index (χ3n) is 4.55. The Morgan fingerprint density at radius 1 is 1.21 bits per heavy atom. The van der Waals surface area contributed by atoms with Gasteiger partial charge in [-0.25, -0.2) is 9.37 Å². The van der Waals surface area contributed by atoms with Crippen molar-refractivity contribution in [1.82, 2.24) is 9.38 Å². The number of halogens is 2. The van der Waals surface area contributed by atoms with E-state index in [2.05, 4.69) is 10.3 Å². The van der Waals surface area contributed by atoms with Gasteiger partial charge in [0.25, 0.3) is 5.91 Å². The zero-order valence-corrected chi connectivity index (χ0v) is 16.5. The van der Waals surface area contributed by atoms with Gasteiger partial charge in [0.1, 0.15) is 17.2 Å². The predicted molar refractivity (Wildman–Crippen MR) is 111 cm³/mol. The molecule has 0 spiro atoms. The van der Waals surface area contributed by atoms with Crippen LogP contribution in [0.3, 0.4) is 0 Å². The molecule has 4 aromatic rings. The number of amides is 1. The molecule has 0 saturated carbocycles. The number of hydrogen-bond donors (Lipinski definition) is 1. The zero-order chi connectivity index (χ0) is 20.5. The highest BCUT2D eigenvalue weighted by Crippen LogP contribution is 2.31. The minimum absolute atomic E-state index is 0.0355. The zero-order valence-electron chi connectivity index (χ0n) is 15.7. The largest absolute Gasteiger partial charge is 0.495 e. The van der Waals surface area contributed by atoms with Crippen molar-refractivity contribution in [1.29, 1.82) is 0 Å². The number of nitrogens with one attached hydrogen (secondary N) is 1. The van der Waals surface area contributed by atoms with Crippen molar-refractivity contribution < 1.29 is 13.9 Å². The summed E-state index contributed by atoms with van der Waals surface area (Å²) in [5.74, 6) is -0.913. The van der Waals surface area contributed by atoms with Gasteiger partial charge in [0.15, 0.2) is 0 Å². The van der Waals surface area contributed by atoms with Gasteiger partial charge in [-0.3, -0.25) is 4.79 Å². The summed E-state index contributed by atoms with van der Waals surface area (Å²) in [5.41, 5.74) is 3.62. The van der Waals surface area contributed by atoms with Crippen LogP contribution in [-0.2, 0) is 0 Å². The molecule has 0 aliphatic heterocycles. The molecule has 7 heteroatoms. The van der Waals surface area contributed by atoms with Gasteiger partial charge in [0.05, 0.1) is 29.1 Å². The van der Waals surface area contributed by atoms with Crippen molar-refractivity contribution in [3.8, 4) is 17.0 Å². The third-order valence-corrected chi connectivity index (χ3v) is 4.86. The number of anilines is 1. The van der Waals surface area contributed by atoms with E-state index in [1.807, 2.05) is 41.9 Å². The van der Waals surface area contributed by atoms with E-state index in [9.17, 15) is 9.18 Å². The fourth-order valence-corrected chi connectivity index (χ4v) is 3.34. The first-order chi connectivity index (χ1) is 14.0. The smallest absolute Gasteiger partial charge is 0.260 e. The summed E-state index contributed by atoms with van der Waals surface area (Å²) in [7, 11) is 1.49. The summed E-state index contributed by atoms with van der Waals surface area (Å²) >= 11 is 6.00. The number of carbonyl (C=O) groups is 1. The van der Waals surface area contributed by atoms with Gasteiger partial charge in [-0.2, -0.15) is 0 Å². The summed E-state index contributed by atoms with van der Waals surface area (Å²) in [5, 5.41) is 2.72. The Labute approximate surface area is 171 Å². The topological polar surface area (TPSA) is 55.6 Å². The van der Waals surface area contributed by atoms with E-state index in [0.29, 0.717) is 11.4 Å². The summed E-state index contributed by atoms with van der Waals surface area (Å²) in [4.78, 5) is 17.3. The molecule has 146 valence electrons. The number of carbonyl (C=O) groups excluding carboxylic acids is 1. The second kappa shape index (κ2) is 7.56. The highest BCUT2D eigenvalue weighted by molar-refractivity contribution is 6.34. The van der Waals surface area contributed by atoms with Crippen LogP contribution in [0.4, 0.5) is 10.1 Å². The molecule has 29 heavy (non-hydrogen) atoms. The maximum Gasteiger partial charge on any atom is 0.260 e. The minimum atomic E-state index is -0.694. The van der Waals surface area contributed by atoms with Gasteiger partial charge >= 0.3 is 0 Å². The Hall–Kier alpha value is -3.38.